The molecule has 0 radical (unpaired) electrons. The fourth-order valence-corrected chi connectivity index (χ4v) is 4.26. The van der Waals surface area contributed by atoms with E-state index >= 15 is 0 Å². The van der Waals surface area contributed by atoms with Crippen molar-refractivity contribution in [2.24, 2.45) is 0 Å². The van der Waals surface area contributed by atoms with Crippen molar-refractivity contribution in [2.45, 2.75) is 28.9 Å². The van der Waals surface area contributed by atoms with Gasteiger partial charge in [-0.15, -0.1) is 0 Å². The quantitative estimate of drug-likeness (QED) is 0.553. The van der Waals surface area contributed by atoms with Gasteiger partial charge in [0.1, 0.15) is 18.2 Å². The van der Waals surface area contributed by atoms with E-state index in [0.29, 0.717) is 30.3 Å². The van der Waals surface area contributed by atoms with Gasteiger partial charge in [-0.1, -0.05) is 23.9 Å². The van der Waals surface area contributed by atoms with E-state index in [0.717, 1.165) is 40.6 Å². The molecular formula is C23H28N6O2S. The smallest absolute Gasteiger partial charge is 0.232 e. The third-order valence-electron chi connectivity index (χ3n) is 5.41. The van der Waals surface area contributed by atoms with Gasteiger partial charge in [-0.2, -0.15) is 4.98 Å². The van der Waals surface area contributed by atoms with Gasteiger partial charge < -0.3 is 25.0 Å². The number of aromatic nitrogens is 3. The zero-order valence-corrected chi connectivity index (χ0v) is 19.4. The number of nitrogens with two attached hydrogens (primary N) is 1. The molecule has 0 bridgehead atoms. The Morgan fingerprint density at radius 2 is 1.94 bits per heavy atom. The average Bonchev–Trinajstić information content (AvgIpc) is 3.31. The predicted octanol–water partition coefficient (Wildman–Crippen LogP) is 3.33. The molecule has 1 aliphatic rings. The minimum absolute atomic E-state index is 0.397. The summed E-state index contributed by atoms with van der Waals surface area (Å²) in [6, 6.07) is 12.0. The molecule has 1 saturated heterocycles. The summed E-state index contributed by atoms with van der Waals surface area (Å²) in [5.41, 5.74) is 6.75. The van der Waals surface area contributed by atoms with Crippen LogP contribution in [0.15, 0.2) is 58.6 Å². The lowest BCUT2D eigenvalue weighted by Crippen LogP contribution is -2.32. The first kappa shape index (κ1) is 22.2. The van der Waals surface area contributed by atoms with Crippen LogP contribution in [0.4, 0.5) is 11.8 Å². The zero-order valence-electron chi connectivity index (χ0n) is 18.6. The summed E-state index contributed by atoms with van der Waals surface area (Å²) in [5.74, 6) is 2.55. The molecule has 2 aromatic heterocycles. The SMILES string of the molecule is COc1ccc(COc2nc(N3CCC(N(C)C)C3)ncc2Sc2ccc(N)nc2)cc1. The first-order valence-corrected chi connectivity index (χ1v) is 11.3. The highest BCUT2D eigenvalue weighted by molar-refractivity contribution is 7.99. The van der Waals surface area contributed by atoms with Crippen molar-refractivity contribution in [3.8, 4) is 11.6 Å². The number of rotatable bonds is 8. The van der Waals surface area contributed by atoms with E-state index in [-0.39, 0.29) is 0 Å². The summed E-state index contributed by atoms with van der Waals surface area (Å²) in [5, 5.41) is 0. The van der Waals surface area contributed by atoms with Crippen molar-refractivity contribution in [1.29, 1.82) is 0 Å². The van der Waals surface area contributed by atoms with Crippen LogP contribution in [0.2, 0.25) is 0 Å². The van der Waals surface area contributed by atoms with Crippen molar-refractivity contribution < 1.29 is 9.47 Å². The number of nitrogen functional groups attached to an aromatic ring is 1. The molecule has 3 heterocycles. The largest absolute Gasteiger partial charge is 0.497 e. The van der Waals surface area contributed by atoms with Gasteiger partial charge in [0.15, 0.2) is 0 Å². The van der Waals surface area contributed by atoms with E-state index < -0.39 is 0 Å². The second kappa shape index (κ2) is 10.1. The van der Waals surface area contributed by atoms with Gasteiger partial charge >= 0.3 is 0 Å². The number of ether oxygens (including phenoxy) is 2. The minimum Gasteiger partial charge on any atom is -0.497 e. The van der Waals surface area contributed by atoms with Crippen LogP contribution in [0.1, 0.15) is 12.0 Å². The van der Waals surface area contributed by atoms with Crippen LogP contribution >= 0.6 is 11.8 Å². The number of benzene rings is 1. The Morgan fingerprint density at radius 1 is 1.12 bits per heavy atom. The molecule has 1 aromatic carbocycles. The number of methoxy groups -OCH3 is 1. The van der Waals surface area contributed by atoms with Gasteiger partial charge in [0.05, 0.1) is 18.2 Å². The van der Waals surface area contributed by atoms with Crippen LogP contribution in [0.25, 0.3) is 0 Å². The lowest BCUT2D eigenvalue weighted by molar-refractivity contribution is 0.285. The molecule has 3 aromatic rings. The summed E-state index contributed by atoms with van der Waals surface area (Å²) in [4.78, 5) is 19.8. The molecule has 4 rings (SSSR count). The Bertz CT molecular complexity index is 1030. The Morgan fingerprint density at radius 3 is 2.59 bits per heavy atom. The third-order valence-corrected chi connectivity index (χ3v) is 6.38. The Kier molecular flexibility index (Phi) is 6.96. The Balaban J connectivity index is 1.56. The first-order chi connectivity index (χ1) is 15.5. The topological polar surface area (TPSA) is 89.6 Å². The highest BCUT2D eigenvalue weighted by Gasteiger charge is 2.26. The molecule has 1 fully saturated rings. The van der Waals surface area contributed by atoms with E-state index in [1.807, 2.05) is 36.5 Å². The van der Waals surface area contributed by atoms with Crippen molar-refractivity contribution >= 4 is 23.5 Å². The van der Waals surface area contributed by atoms with Gasteiger partial charge in [0.2, 0.25) is 11.8 Å². The van der Waals surface area contributed by atoms with Crippen molar-refractivity contribution in [3.63, 3.8) is 0 Å². The molecule has 8 nitrogen and oxygen atoms in total. The van der Waals surface area contributed by atoms with Gasteiger partial charge in [-0.25, -0.2) is 9.97 Å². The Hall–Kier alpha value is -3.04. The van der Waals surface area contributed by atoms with Gasteiger partial charge in [0.25, 0.3) is 0 Å². The molecule has 1 aliphatic heterocycles. The number of hydrogen-bond acceptors (Lipinski definition) is 9. The molecule has 1 unspecified atom stereocenters. The molecule has 0 saturated carbocycles. The lowest BCUT2D eigenvalue weighted by Gasteiger charge is -2.21. The molecule has 1 atom stereocenters. The second-order valence-corrected chi connectivity index (χ2v) is 8.96. The zero-order chi connectivity index (χ0) is 22.5. The van der Waals surface area contributed by atoms with Crippen molar-refractivity contribution in [1.82, 2.24) is 19.9 Å². The van der Waals surface area contributed by atoms with E-state index in [9.17, 15) is 0 Å². The molecule has 9 heteroatoms. The van der Waals surface area contributed by atoms with Crippen molar-refractivity contribution in [2.75, 3.05) is 44.9 Å². The molecule has 0 amide bonds. The normalized spacial score (nSPS) is 15.9. The molecule has 0 spiro atoms. The first-order valence-electron chi connectivity index (χ1n) is 10.5. The average molecular weight is 453 g/mol. The summed E-state index contributed by atoms with van der Waals surface area (Å²) >= 11 is 1.51. The monoisotopic (exact) mass is 452 g/mol. The number of nitrogens with zero attached hydrogens (tertiary/aromatic N) is 5. The molecular weight excluding hydrogens is 424 g/mol. The Labute approximate surface area is 192 Å². The highest BCUT2D eigenvalue weighted by Crippen LogP contribution is 2.35. The molecule has 168 valence electrons. The standard InChI is InChI=1S/C23H28N6O2S/c1-28(2)17-10-11-29(14-17)23-26-13-20(32-19-8-9-21(24)25-12-19)22(27-23)31-15-16-4-6-18(30-3)7-5-16/h4-9,12-13,17H,10-11,14-15H2,1-3H3,(H2,24,25). The second-order valence-electron chi connectivity index (χ2n) is 7.85. The number of pyridine rings is 1. The highest BCUT2D eigenvalue weighted by atomic mass is 32.2. The van der Waals surface area contributed by atoms with Gasteiger partial charge in [0, 0.05) is 30.2 Å². The number of anilines is 2. The fourth-order valence-electron chi connectivity index (χ4n) is 3.47. The van der Waals surface area contributed by atoms with Gasteiger partial charge in [-0.05, 0) is 50.3 Å². The van der Waals surface area contributed by atoms with E-state index in [1.54, 1.807) is 19.4 Å². The lowest BCUT2D eigenvalue weighted by atomic mass is 10.2. The number of likely N-dealkylation sites (N-methyl/N-ethyl adjacent to an activating group) is 1. The van der Waals surface area contributed by atoms with Crippen LogP contribution in [-0.2, 0) is 6.61 Å². The van der Waals surface area contributed by atoms with Crippen LogP contribution < -0.4 is 20.1 Å². The van der Waals surface area contributed by atoms with Crippen LogP contribution in [-0.4, -0.2) is 60.2 Å². The third kappa shape index (κ3) is 5.41. The van der Waals surface area contributed by atoms with Crippen LogP contribution in [0.5, 0.6) is 11.6 Å². The molecule has 0 aliphatic carbocycles. The summed E-state index contributed by atoms with van der Waals surface area (Å²) in [6.07, 6.45) is 4.66. The predicted molar refractivity (Wildman–Crippen MR) is 126 cm³/mol. The van der Waals surface area contributed by atoms with E-state index in [1.165, 1.54) is 11.8 Å². The maximum Gasteiger partial charge on any atom is 0.232 e. The van der Waals surface area contributed by atoms with Gasteiger partial charge in [-0.3, -0.25) is 0 Å². The maximum atomic E-state index is 6.17. The maximum absolute atomic E-state index is 6.17. The van der Waals surface area contributed by atoms with E-state index in [4.69, 9.17) is 20.2 Å². The van der Waals surface area contributed by atoms with E-state index in [2.05, 4.69) is 33.9 Å². The van der Waals surface area contributed by atoms with Crippen molar-refractivity contribution in [3.05, 3.63) is 54.4 Å². The fraction of sp³-hybridized carbons (Fsp3) is 0.348. The summed E-state index contributed by atoms with van der Waals surface area (Å²) < 4.78 is 11.4. The minimum atomic E-state index is 0.397. The van der Waals surface area contributed by atoms with Crippen LogP contribution in [0, 0.1) is 0 Å². The van der Waals surface area contributed by atoms with Crippen LogP contribution in [0.3, 0.4) is 0 Å². The summed E-state index contributed by atoms with van der Waals surface area (Å²) in [7, 11) is 5.88. The number of hydrogen-bond donors (Lipinski definition) is 1. The molecule has 2 N–H and O–H groups in total. The summed E-state index contributed by atoms with van der Waals surface area (Å²) in [6.45, 7) is 2.22. The molecule has 32 heavy (non-hydrogen) atoms.